The third-order valence-corrected chi connectivity index (χ3v) is 3.12. The topological polar surface area (TPSA) is 52.8 Å². The van der Waals surface area contributed by atoms with Crippen LogP contribution in [0.25, 0.3) is 32.8 Å². The fourth-order valence-corrected chi connectivity index (χ4v) is 2.40. The van der Waals surface area contributed by atoms with Crippen molar-refractivity contribution in [2.75, 3.05) is 0 Å². The minimum absolute atomic E-state index is 0. The summed E-state index contributed by atoms with van der Waals surface area (Å²) in [5.41, 5.74) is 3.60. The molecule has 4 rings (SSSR count). The molecule has 89 valence electrons. The Labute approximate surface area is 134 Å². The van der Waals surface area contributed by atoms with E-state index < -0.39 is 0 Å². The van der Waals surface area contributed by atoms with Gasteiger partial charge in [-0.15, -0.1) is 0 Å². The minimum Gasteiger partial charge on any atom is -0.439 e. The molecule has 4 nitrogen and oxygen atoms in total. The van der Waals surface area contributed by atoms with Crippen LogP contribution < -0.4 is 4.98 Å². The molecule has 4 aromatic rings. The Kier molecular flexibility index (Phi) is 3.07. The number of aromatic nitrogens is 4. The maximum Gasteiger partial charge on any atom is 0.0967 e. The van der Waals surface area contributed by atoms with Gasteiger partial charge in [-0.25, -0.2) is 0 Å². The number of imidazole rings is 1. The maximum atomic E-state index is 4.51. The smallest absolute Gasteiger partial charge is 0.0967 e. The number of rotatable bonds is 0. The van der Waals surface area contributed by atoms with Gasteiger partial charge in [-0.2, -0.15) is 0 Å². The predicted octanol–water partition coefficient (Wildman–Crippen LogP) is 2.59. The van der Waals surface area contributed by atoms with Gasteiger partial charge in [-0.3, -0.25) is 9.97 Å². The molecule has 0 saturated carbocycles. The summed E-state index contributed by atoms with van der Waals surface area (Å²) in [5.74, 6) is 0.784. The van der Waals surface area contributed by atoms with E-state index in [-0.39, 0.29) is 32.7 Å². The zero-order valence-corrected chi connectivity index (χ0v) is 13.2. The van der Waals surface area contributed by atoms with E-state index >= 15 is 0 Å². The predicted molar refractivity (Wildman–Crippen MR) is 70.4 cm³/mol. The molecule has 0 unspecified atom stereocenters. The van der Waals surface area contributed by atoms with Crippen LogP contribution in [0.5, 0.6) is 0 Å². The van der Waals surface area contributed by atoms with Gasteiger partial charge in [0.05, 0.1) is 11.0 Å². The van der Waals surface area contributed by atoms with E-state index in [1.165, 1.54) is 0 Å². The van der Waals surface area contributed by atoms with Gasteiger partial charge in [-0.05, 0) is 30.1 Å². The normalized spacial score (nSPS) is 11.0. The first kappa shape index (κ1) is 12.6. The summed E-state index contributed by atoms with van der Waals surface area (Å²) in [7, 11) is 0. The first-order chi connectivity index (χ1) is 8.84. The first-order valence-corrected chi connectivity index (χ1v) is 5.77. The maximum absolute atomic E-state index is 4.51. The summed E-state index contributed by atoms with van der Waals surface area (Å²) in [5, 5.41) is 2.03. The fourth-order valence-electron chi connectivity index (χ4n) is 2.40. The van der Waals surface area contributed by atoms with Crippen LogP contribution >= 0.6 is 0 Å². The third-order valence-electron chi connectivity index (χ3n) is 3.12. The van der Waals surface area contributed by atoms with Crippen molar-refractivity contribution in [2.24, 2.45) is 0 Å². The number of benzene rings is 1. The summed E-state index contributed by atoms with van der Waals surface area (Å²) in [6, 6.07) is 7.88. The Bertz CT molecular complexity index is 825. The number of hydrogen-bond acceptors (Lipinski definition) is 3. The van der Waals surface area contributed by atoms with Crippen molar-refractivity contribution < 1.29 is 32.7 Å². The van der Waals surface area contributed by atoms with E-state index in [0.717, 1.165) is 38.7 Å². The Hall–Kier alpha value is -1.39. The molecule has 0 aliphatic heterocycles. The molecule has 0 N–H and O–H groups in total. The van der Waals surface area contributed by atoms with E-state index in [1.807, 2.05) is 31.2 Å². The van der Waals surface area contributed by atoms with Crippen LogP contribution in [0.15, 0.2) is 36.7 Å². The van der Waals surface area contributed by atoms with E-state index in [1.54, 1.807) is 12.4 Å². The zero-order valence-electron chi connectivity index (χ0n) is 10.3. The zero-order chi connectivity index (χ0) is 12.1. The number of fused-ring (bicyclic) bond motifs is 6. The standard InChI is InChI=1S/C14H9N4.Y/c1-8-17-13-9-4-2-6-15-11(9)12-10(14(13)18-8)5-3-7-16-12;/h2-7H,1H3;/q-1;. The molecule has 5 heteroatoms. The number of aryl methyl sites for hydroxylation is 1. The van der Waals surface area contributed by atoms with Crippen LogP contribution in [-0.2, 0) is 32.7 Å². The fraction of sp³-hybridized carbons (Fsp3) is 0.0714. The van der Waals surface area contributed by atoms with E-state index in [9.17, 15) is 0 Å². The van der Waals surface area contributed by atoms with Gasteiger partial charge in [0.2, 0.25) is 0 Å². The van der Waals surface area contributed by atoms with Gasteiger partial charge in [0.1, 0.15) is 0 Å². The van der Waals surface area contributed by atoms with Crippen LogP contribution in [-0.4, -0.2) is 15.0 Å². The first-order valence-electron chi connectivity index (χ1n) is 5.77. The second-order valence-corrected chi connectivity index (χ2v) is 4.27. The molecule has 0 aliphatic carbocycles. The van der Waals surface area contributed by atoms with Gasteiger partial charge >= 0.3 is 0 Å². The van der Waals surface area contributed by atoms with Crippen molar-refractivity contribution in [2.45, 2.75) is 6.92 Å². The van der Waals surface area contributed by atoms with E-state index in [2.05, 4.69) is 19.9 Å². The number of pyridine rings is 2. The molecule has 3 heterocycles. The van der Waals surface area contributed by atoms with Crippen LogP contribution in [0.4, 0.5) is 0 Å². The third kappa shape index (κ3) is 1.78. The van der Waals surface area contributed by atoms with Gasteiger partial charge < -0.3 is 9.97 Å². The monoisotopic (exact) mass is 322 g/mol. The molecule has 0 aliphatic rings. The van der Waals surface area contributed by atoms with Crippen LogP contribution in [0.1, 0.15) is 5.82 Å². The van der Waals surface area contributed by atoms with Crippen molar-refractivity contribution in [3.8, 4) is 0 Å². The van der Waals surface area contributed by atoms with Gasteiger partial charge in [0, 0.05) is 55.9 Å². The van der Waals surface area contributed by atoms with Gasteiger partial charge in [-0.1, -0.05) is 18.0 Å². The summed E-state index contributed by atoms with van der Waals surface area (Å²) >= 11 is 0. The second kappa shape index (κ2) is 4.62. The Balaban J connectivity index is 0.00000110. The van der Waals surface area contributed by atoms with Crippen molar-refractivity contribution in [3.05, 3.63) is 42.5 Å². The Morgan fingerprint density at radius 2 is 1.53 bits per heavy atom. The molecule has 0 fully saturated rings. The summed E-state index contributed by atoms with van der Waals surface area (Å²) in [4.78, 5) is 17.9. The SMILES string of the molecule is Cc1nc2c3cccnc3c3ncccc3c2[n-]1.[Y]. The summed E-state index contributed by atoms with van der Waals surface area (Å²) in [6.07, 6.45) is 3.57. The van der Waals surface area contributed by atoms with E-state index in [0.29, 0.717) is 0 Å². The summed E-state index contributed by atoms with van der Waals surface area (Å²) < 4.78 is 0. The molecule has 1 radical (unpaired) electrons. The average molecular weight is 322 g/mol. The average Bonchev–Trinajstić information content (AvgIpc) is 2.81. The molecule has 3 aromatic heterocycles. The van der Waals surface area contributed by atoms with E-state index in [4.69, 9.17) is 0 Å². The van der Waals surface area contributed by atoms with Crippen LogP contribution in [0.3, 0.4) is 0 Å². The molecule has 0 spiro atoms. The molecular weight excluding hydrogens is 313 g/mol. The molecule has 0 amide bonds. The Morgan fingerprint density at radius 3 is 2.26 bits per heavy atom. The van der Waals surface area contributed by atoms with Crippen LogP contribution in [0.2, 0.25) is 0 Å². The number of nitrogens with zero attached hydrogens (tertiary/aromatic N) is 4. The largest absolute Gasteiger partial charge is 0.439 e. The molecule has 1 aromatic carbocycles. The second-order valence-electron chi connectivity index (χ2n) is 4.27. The Morgan fingerprint density at radius 1 is 0.895 bits per heavy atom. The van der Waals surface area contributed by atoms with Gasteiger partial charge in [0.25, 0.3) is 0 Å². The van der Waals surface area contributed by atoms with Crippen molar-refractivity contribution in [1.82, 2.24) is 19.9 Å². The van der Waals surface area contributed by atoms with Crippen LogP contribution in [0, 0.1) is 6.92 Å². The quantitative estimate of drug-likeness (QED) is 0.467. The molecule has 0 saturated heterocycles. The molecule has 0 bridgehead atoms. The minimum atomic E-state index is 0. The van der Waals surface area contributed by atoms with Crippen molar-refractivity contribution >= 4 is 32.8 Å². The molecule has 19 heavy (non-hydrogen) atoms. The summed E-state index contributed by atoms with van der Waals surface area (Å²) in [6.45, 7) is 1.91. The molecule has 0 atom stereocenters. The molecular formula is C14H9N4Y-. The van der Waals surface area contributed by atoms with Gasteiger partial charge in [0.15, 0.2) is 0 Å². The van der Waals surface area contributed by atoms with Crippen molar-refractivity contribution in [3.63, 3.8) is 0 Å². The van der Waals surface area contributed by atoms with Crippen molar-refractivity contribution in [1.29, 1.82) is 0 Å². The number of hydrogen-bond donors (Lipinski definition) is 0.